The van der Waals surface area contributed by atoms with E-state index < -0.39 is 0 Å². The molecule has 0 aromatic heterocycles. The molecular weight excluding hydrogens is 306 g/mol. The van der Waals surface area contributed by atoms with Crippen LogP contribution in [0, 0.1) is 5.41 Å². The van der Waals surface area contributed by atoms with E-state index in [9.17, 15) is 0 Å². The summed E-state index contributed by atoms with van der Waals surface area (Å²) in [6.07, 6.45) is 7.25. The van der Waals surface area contributed by atoms with E-state index in [1.54, 1.807) is 14.2 Å². The van der Waals surface area contributed by atoms with Crippen molar-refractivity contribution >= 4 is 5.96 Å². The Labute approximate surface area is 146 Å². The van der Waals surface area contributed by atoms with Crippen molar-refractivity contribution in [2.75, 3.05) is 60.7 Å². The van der Waals surface area contributed by atoms with Crippen molar-refractivity contribution < 1.29 is 14.2 Å². The fraction of sp³-hybridized carbons (Fsp3) is 0.944. The third kappa shape index (κ3) is 6.22. The van der Waals surface area contributed by atoms with Gasteiger partial charge in [0.15, 0.2) is 5.96 Å². The Morgan fingerprint density at radius 2 is 1.83 bits per heavy atom. The molecule has 0 unspecified atom stereocenters. The highest BCUT2D eigenvalue weighted by molar-refractivity contribution is 5.80. The second kappa shape index (κ2) is 10.2. The monoisotopic (exact) mass is 341 g/mol. The zero-order valence-electron chi connectivity index (χ0n) is 15.7. The van der Waals surface area contributed by atoms with Gasteiger partial charge in [0.05, 0.1) is 6.10 Å². The number of aliphatic imine (C=N–C) groups is 1. The first kappa shape index (κ1) is 19.5. The molecule has 0 amide bonds. The van der Waals surface area contributed by atoms with Gasteiger partial charge in [-0.1, -0.05) is 0 Å². The lowest BCUT2D eigenvalue weighted by molar-refractivity contribution is 0.00986. The van der Waals surface area contributed by atoms with E-state index in [1.165, 1.54) is 12.8 Å². The molecule has 2 rings (SSSR count). The average Bonchev–Trinajstić information content (AvgIpc) is 3.39. The fourth-order valence-electron chi connectivity index (χ4n) is 3.30. The molecule has 2 aliphatic rings. The number of nitrogens with one attached hydrogen (secondary N) is 1. The molecule has 1 N–H and O–H groups in total. The second-order valence-corrected chi connectivity index (χ2v) is 7.05. The van der Waals surface area contributed by atoms with Gasteiger partial charge in [-0.2, -0.15) is 0 Å². The third-order valence-electron chi connectivity index (χ3n) is 5.21. The summed E-state index contributed by atoms with van der Waals surface area (Å²) in [7, 11) is 5.40. The summed E-state index contributed by atoms with van der Waals surface area (Å²) < 4.78 is 16.2. The van der Waals surface area contributed by atoms with Crippen LogP contribution >= 0.6 is 0 Å². The minimum atomic E-state index is 0.382. The maximum absolute atomic E-state index is 5.93. The van der Waals surface area contributed by atoms with E-state index in [2.05, 4.69) is 15.2 Å². The maximum Gasteiger partial charge on any atom is 0.193 e. The molecule has 0 radical (unpaired) electrons. The van der Waals surface area contributed by atoms with Gasteiger partial charge in [-0.3, -0.25) is 4.99 Å². The summed E-state index contributed by atoms with van der Waals surface area (Å²) in [4.78, 5) is 6.84. The number of piperidine rings is 1. The molecule has 0 aromatic carbocycles. The van der Waals surface area contributed by atoms with Crippen molar-refractivity contribution in [3.63, 3.8) is 0 Å². The van der Waals surface area contributed by atoms with Crippen LogP contribution in [0.15, 0.2) is 4.99 Å². The van der Waals surface area contributed by atoms with Crippen LogP contribution in [0.5, 0.6) is 0 Å². The normalized spacial score (nSPS) is 21.1. The van der Waals surface area contributed by atoms with E-state index in [-0.39, 0.29) is 0 Å². The van der Waals surface area contributed by atoms with E-state index in [1.807, 2.05) is 7.05 Å². The number of guanidine groups is 1. The van der Waals surface area contributed by atoms with Gasteiger partial charge in [0.2, 0.25) is 0 Å². The molecule has 2 fully saturated rings. The van der Waals surface area contributed by atoms with Gasteiger partial charge in [0, 0.05) is 60.7 Å². The number of likely N-dealkylation sites (tertiary alicyclic amines) is 1. The molecule has 0 aromatic rings. The molecule has 1 aliphatic heterocycles. The summed E-state index contributed by atoms with van der Waals surface area (Å²) in [5.74, 6) is 1.04. The van der Waals surface area contributed by atoms with Gasteiger partial charge >= 0.3 is 0 Å². The lowest BCUT2D eigenvalue weighted by Crippen LogP contribution is -2.48. The molecule has 1 saturated heterocycles. The average molecular weight is 341 g/mol. The Kier molecular flexibility index (Phi) is 8.29. The number of methoxy groups -OCH3 is 2. The molecule has 0 spiro atoms. The number of rotatable bonds is 10. The van der Waals surface area contributed by atoms with E-state index in [0.717, 1.165) is 71.1 Å². The lowest BCUT2D eigenvalue weighted by atomic mass is 10.0. The maximum atomic E-state index is 5.93. The summed E-state index contributed by atoms with van der Waals surface area (Å²) in [6.45, 7) is 5.47. The van der Waals surface area contributed by atoms with Crippen molar-refractivity contribution in [2.45, 2.75) is 44.6 Å². The van der Waals surface area contributed by atoms with Crippen molar-refractivity contribution in [1.82, 2.24) is 10.2 Å². The van der Waals surface area contributed by atoms with Crippen LogP contribution in [-0.2, 0) is 14.2 Å². The van der Waals surface area contributed by atoms with Gasteiger partial charge in [-0.25, -0.2) is 0 Å². The van der Waals surface area contributed by atoms with E-state index in [0.29, 0.717) is 11.5 Å². The fourth-order valence-corrected chi connectivity index (χ4v) is 3.30. The van der Waals surface area contributed by atoms with Crippen LogP contribution < -0.4 is 5.32 Å². The van der Waals surface area contributed by atoms with Crippen molar-refractivity contribution in [1.29, 1.82) is 0 Å². The minimum absolute atomic E-state index is 0.382. The van der Waals surface area contributed by atoms with Crippen LogP contribution in [0.2, 0.25) is 0 Å². The Morgan fingerprint density at radius 1 is 1.12 bits per heavy atom. The van der Waals surface area contributed by atoms with Crippen molar-refractivity contribution in [3.05, 3.63) is 0 Å². The Bertz CT molecular complexity index is 378. The molecular formula is C18H35N3O3. The number of ether oxygens (including phenoxy) is 3. The number of nitrogens with zero attached hydrogens (tertiary/aromatic N) is 2. The van der Waals surface area contributed by atoms with Gasteiger partial charge < -0.3 is 24.4 Å². The first-order valence-corrected chi connectivity index (χ1v) is 9.28. The molecule has 1 saturated carbocycles. The highest BCUT2D eigenvalue weighted by Crippen LogP contribution is 2.48. The summed E-state index contributed by atoms with van der Waals surface area (Å²) in [5, 5.41) is 3.59. The smallest absolute Gasteiger partial charge is 0.193 e. The van der Waals surface area contributed by atoms with Crippen molar-refractivity contribution in [3.8, 4) is 0 Å². The number of hydrogen-bond acceptors (Lipinski definition) is 4. The highest BCUT2D eigenvalue weighted by atomic mass is 16.5. The Hall–Kier alpha value is -0.850. The quantitative estimate of drug-likeness (QED) is 0.374. The van der Waals surface area contributed by atoms with Crippen LogP contribution in [0.4, 0.5) is 0 Å². The predicted molar refractivity (Wildman–Crippen MR) is 96.6 cm³/mol. The standard InChI is InChI=1S/C18H35N3O3/c1-19-17(20-15-18(7-8-18)9-14-23-3)21-10-5-16(6-11-21)24-13-4-12-22-2/h16H,4-15H2,1-3H3,(H,19,20). The molecule has 1 heterocycles. The summed E-state index contributed by atoms with van der Waals surface area (Å²) in [5.41, 5.74) is 0.439. The Morgan fingerprint density at radius 3 is 2.42 bits per heavy atom. The van der Waals surface area contributed by atoms with Crippen molar-refractivity contribution in [2.24, 2.45) is 10.4 Å². The molecule has 0 atom stereocenters. The first-order chi connectivity index (χ1) is 11.7. The second-order valence-electron chi connectivity index (χ2n) is 7.05. The molecule has 1 aliphatic carbocycles. The summed E-state index contributed by atoms with van der Waals surface area (Å²) in [6, 6.07) is 0. The zero-order valence-corrected chi connectivity index (χ0v) is 15.7. The predicted octanol–water partition coefficient (Wildman–Crippen LogP) is 1.90. The topological polar surface area (TPSA) is 55.3 Å². The SMILES string of the molecule is CN=C(NCC1(CCOC)CC1)N1CCC(OCCCOC)CC1. The zero-order chi connectivity index (χ0) is 17.3. The van der Waals surface area contributed by atoms with Crippen LogP contribution in [0.1, 0.15) is 38.5 Å². The minimum Gasteiger partial charge on any atom is -0.385 e. The largest absolute Gasteiger partial charge is 0.385 e. The van der Waals surface area contributed by atoms with Crippen LogP contribution in [-0.4, -0.2) is 77.7 Å². The van der Waals surface area contributed by atoms with E-state index >= 15 is 0 Å². The summed E-state index contributed by atoms with van der Waals surface area (Å²) >= 11 is 0. The molecule has 6 heteroatoms. The van der Waals surface area contributed by atoms with Gasteiger partial charge in [0.25, 0.3) is 0 Å². The van der Waals surface area contributed by atoms with E-state index in [4.69, 9.17) is 14.2 Å². The van der Waals surface area contributed by atoms with Gasteiger partial charge in [-0.15, -0.1) is 0 Å². The Balaban J connectivity index is 1.66. The molecule has 24 heavy (non-hydrogen) atoms. The lowest BCUT2D eigenvalue weighted by Gasteiger charge is -2.34. The third-order valence-corrected chi connectivity index (χ3v) is 5.21. The van der Waals surface area contributed by atoms with Gasteiger partial charge in [-0.05, 0) is 43.9 Å². The molecule has 6 nitrogen and oxygen atoms in total. The van der Waals surface area contributed by atoms with Crippen LogP contribution in [0.3, 0.4) is 0 Å². The van der Waals surface area contributed by atoms with Crippen LogP contribution in [0.25, 0.3) is 0 Å². The highest BCUT2D eigenvalue weighted by Gasteiger charge is 2.42. The van der Waals surface area contributed by atoms with Gasteiger partial charge in [0.1, 0.15) is 0 Å². The number of hydrogen-bond donors (Lipinski definition) is 1. The first-order valence-electron chi connectivity index (χ1n) is 9.28. The molecule has 140 valence electrons. The molecule has 0 bridgehead atoms.